The average molecular weight is 257 g/mol. The van der Waals surface area contributed by atoms with Gasteiger partial charge in [-0.25, -0.2) is 4.98 Å². The Bertz CT molecular complexity index is 403. The van der Waals surface area contributed by atoms with Crippen LogP contribution in [0.4, 0.5) is 0 Å². The highest BCUT2D eigenvalue weighted by molar-refractivity contribution is 6.30. The van der Waals surface area contributed by atoms with Gasteiger partial charge in [-0.3, -0.25) is 0 Å². The van der Waals surface area contributed by atoms with Gasteiger partial charge in [0.15, 0.2) is 0 Å². The molecule has 0 unspecified atom stereocenters. The number of halogens is 1. The van der Waals surface area contributed by atoms with Crippen molar-refractivity contribution in [3.63, 3.8) is 0 Å². The zero-order valence-corrected chi connectivity index (χ0v) is 12.2. The van der Waals surface area contributed by atoms with E-state index in [2.05, 4.69) is 16.9 Å². The van der Waals surface area contributed by atoms with E-state index < -0.39 is 0 Å². The minimum absolute atomic E-state index is 0.236. The van der Waals surface area contributed by atoms with Crippen molar-refractivity contribution >= 4 is 11.6 Å². The normalized spacial score (nSPS) is 12.0. The van der Waals surface area contributed by atoms with Crippen LogP contribution in [-0.4, -0.2) is 15.6 Å². The Morgan fingerprint density at radius 1 is 1.29 bits per heavy atom. The van der Waals surface area contributed by atoms with E-state index in [1.54, 1.807) is 0 Å². The molecule has 0 saturated heterocycles. The van der Waals surface area contributed by atoms with E-state index in [1.165, 1.54) is 0 Å². The molecule has 0 atom stereocenters. The van der Waals surface area contributed by atoms with E-state index in [9.17, 15) is 0 Å². The Kier molecular flexibility index (Phi) is 4.36. The highest BCUT2D eigenvalue weighted by atomic mass is 35.5. The first-order chi connectivity index (χ1) is 7.76. The van der Waals surface area contributed by atoms with E-state index in [0.717, 1.165) is 17.8 Å². The molecule has 1 aromatic heterocycles. The summed E-state index contributed by atoms with van der Waals surface area (Å²) in [7, 11) is 0. The summed E-state index contributed by atoms with van der Waals surface area (Å²) in [6, 6.07) is 0. The largest absolute Gasteiger partial charge is 0.471 e. The van der Waals surface area contributed by atoms with Crippen LogP contribution in [0.5, 0.6) is 5.88 Å². The number of nitrogens with zero attached hydrogens (tertiary/aromatic N) is 2. The SMILES string of the molecule is CCC(C)(C)Oc1nc(C(C)C)nc(Cl)c1C. The number of ether oxygens (including phenoxy) is 1. The van der Waals surface area contributed by atoms with Crippen LogP contribution in [0, 0.1) is 6.92 Å². The molecule has 1 aromatic rings. The number of aromatic nitrogens is 2. The molecular weight excluding hydrogens is 236 g/mol. The zero-order chi connectivity index (χ0) is 13.2. The van der Waals surface area contributed by atoms with Crippen molar-refractivity contribution in [3.8, 4) is 5.88 Å². The Hall–Kier alpha value is -0.830. The first-order valence-electron chi connectivity index (χ1n) is 6.00. The Morgan fingerprint density at radius 2 is 1.88 bits per heavy atom. The van der Waals surface area contributed by atoms with Gasteiger partial charge in [-0.1, -0.05) is 32.4 Å². The molecule has 1 heterocycles. The van der Waals surface area contributed by atoms with Gasteiger partial charge in [-0.05, 0) is 27.2 Å². The van der Waals surface area contributed by atoms with Crippen molar-refractivity contribution < 1.29 is 4.74 Å². The molecule has 1 rings (SSSR count). The lowest BCUT2D eigenvalue weighted by Crippen LogP contribution is -2.28. The lowest BCUT2D eigenvalue weighted by molar-refractivity contribution is 0.0973. The van der Waals surface area contributed by atoms with Gasteiger partial charge < -0.3 is 4.74 Å². The third kappa shape index (κ3) is 3.56. The molecule has 0 fully saturated rings. The summed E-state index contributed by atoms with van der Waals surface area (Å²) in [5.74, 6) is 1.56. The molecule has 4 heteroatoms. The lowest BCUT2D eigenvalue weighted by atomic mass is 10.1. The van der Waals surface area contributed by atoms with Crippen molar-refractivity contribution in [3.05, 3.63) is 16.5 Å². The molecule has 0 aliphatic carbocycles. The number of rotatable bonds is 4. The molecular formula is C13H21ClN2O. The van der Waals surface area contributed by atoms with Gasteiger partial charge in [0.2, 0.25) is 5.88 Å². The molecule has 0 saturated carbocycles. The van der Waals surface area contributed by atoms with Gasteiger partial charge in [-0.2, -0.15) is 4.98 Å². The van der Waals surface area contributed by atoms with Gasteiger partial charge >= 0.3 is 0 Å². The lowest BCUT2D eigenvalue weighted by Gasteiger charge is -2.25. The fraction of sp³-hybridized carbons (Fsp3) is 0.692. The van der Waals surface area contributed by atoms with Gasteiger partial charge in [0, 0.05) is 11.5 Å². The molecule has 0 aliphatic heterocycles. The Labute approximate surface area is 109 Å². The first-order valence-corrected chi connectivity index (χ1v) is 6.37. The van der Waals surface area contributed by atoms with E-state index in [-0.39, 0.29) is 11.5 Å². The molecule has 0 radical (unpaired) electrons. The minimum atomic E-state index is -0.239. The van der Waals surface area contributed by atoms with Gasteiger partial charge in [0.05, 0.1) is 0 Å². The highest BCUT2D eigenvalue weighted by Gasteiger charge is 2.21. The maximum Gasteiger partial charge on any atom is 0.221 e. The predicted molar refractivity (Wildman–Crippen MR) is 70.9 cm³/mol. The second kappa shape index (κ2) is 5.21. The third-order valence-electron chi connectivity index (χ3n) is 2.80. The highest BCUT2D eigenvalue weighted by Crippen LogP contribution is 2.28. The van der Waals surface area contributed by atoms with Crippen molar-refractivity contribution in [2.45, 2.75) is 59.5 Å². The third-order valence-corrected chi connectivity index (χ3v) is 3.17. The second-order valence-electron chi connectivity index (χ2n) is 5.17. The fourth-order valence-corrected chi connectivity index (χ4v) is 1.34. The molecule has 0 bridgehead atoms. The van der Waals surface area contributed by atoms with Crippen molar-refractivity contribution in [1.29, 1.82) is 0 Å². The van der Waals surface area contributed by atoms with E-state index in [0.29, 0.717) is 11.0 Å². The first kappa shape index (κ1) is 14.2. The molecule has 0 amide bonds. The minimum Gasteiger partial charge on any atom is -0.471 e. The van der Waals surface area contributed by atoms with E-state index in [1.807, 2.05) is 34.6 Å². The Morgan fingerprint density at radius 3 is 2.35 bits per heavy atom. The summed E-state index contributed by atoms with van der Waals surface area (Å²) in [5, 5.41) is 0.477. The molecule has 0 aromatic carbocycles. The van der Waals surface area contributed by atoms with Crippen LogP contribution in [0.2, 0.25) is 5.15 Å². The van der Waals surface area contributed by atoms with E-state index in [4.69, 9.17) is 16.3 Å². The molecule has 17 heavy (non-hydrogen) atoms. The van der Waals surface area contributed by atoms with Crippen LogP contribution in [0.1, 0.15) is 58.3 Å². The van der Waals surface area contributed by atoms with Crippen LogP contribution in [0.25, 0.3) is 0 Å². The maximum atomic E-state index is 6.10. The predicted octanol–water partition coefficient (Wildman–Crippen LogP) is 4.13. The standard InChI is InChI=1S/C13H21ClN2O/c1-7-13(5,6)17-12-9(4)10(14)15-11(16-12)8(2)3/h8H,7H2,1-6H3. The van der Waals surface area contributed by atoms with Crippen molar-refractivity contribution in [2.75, 3.05) is 0 Å². The van der Waals surface area contributed by atoms with Crippen LogP contribution < -0.4 is 4.74 Å². The Balaban J connectivity index is 3.14. The maximum absolute atomic E-state index is 6.10. The smallest absolute Gasteiger partial charge is 0.221 e. The fourth-order valence-electron chi connectivity index (χ4n) is 1.18. The average Bonchev–Trinajstić information content (AvgIpc) is 2.24. The van der Waals surface area contributed by atoms with Crippen molar-refractivity contribution in [2.24, 2.45) is 0 Å². The van der Waals surface area contributed by atoms with Crippen LogP contribution in [0.15, 0.2) is 0 Å². The topological polar surface area (TPSA) is 35.0 Å². The molecule has 3 nitrogen and oxygen atoms in total. The van der Waals surface area contributed by atoms with Gasteiger partial charge in [0.25, 0.3) is 0 Å². The number of hydrogen-bond donors (Lipinski definition) is 0. The summed E-state index contributed by atoms with van der Waals surface area (Å²) in [6.07, 6.45) is 0.908. The van der Waals surface area contributed by atoms with Crippen LogP contribution >= 0.6 is 11.6 Å². The number of hydrogen-bond acceptors (Lipinski definition) is 3. The van der Waals surface area contributed by atoms with Crippen LogP contribution in [-0.2, 0) is 0 Å². The molecule has 0 spiro atoms. The van der Waals surface area contributed by atoms with Gasteiger partial charge in [0.1, 0.15) is 16.6 Å². The summed E-state index contributed by atoms with van der Waals surface area (Å²) in [6.45, 7) is 12.1. The van der Waals surface area contributed by atoms with Crippen LogP contribution in [0.3, 0.4) is 0 Å². The zero-order valence-electron chi connectivity index (χ0n) is 11.5. The second-order valence-corrected chi connectivity index (χ2v) is 5.53. The molecule has 96 valence electrons. The van der Waals surface area contributed by atoms with Gasteiger partial charge in [-0.15, -0.1) is 0 Å². The monoisotopic (exact) mass is 256 g/mol. The summed E-state index contributed by atoms with van der Waals surface area (Å²) < 4.78 is 5.92. The van der Waals surface area contributed by atoms with E-state index >= 15 is 0 Å². The summed E-state index contributed by atoms with van der Waals surface area (Å²) in [4.78, 5) is 8.71. The molecule has 0 aliphatic rings. The molecule has 0 N–H and O–H groups in total. The quantitative estimate of drug-likeness (QED) is 0.760. The summed E-state index contributed by atoms with van der Waals surface area (Å²) >= 11 is 6.10. The van der Waals surface area contributed by atoms with Crippen molar-refractivity contribution in [1.82, 2.24) is 9.97 Å². The summed E-state index contributed by atoms with van der Waals surface area (Å²) in [5.41, 5.74) is 0.564.